The molecule has 0 aromatic heterocycles. The molecule has 0 bridgehead atoms. The lowest BCUT2D eigenvalue weighted by Gasteiger charge is -2.09. The molecule has 20 heavy (non-hydrogen) atoms. The van der Waals surface area contributed by atoms with Crippen molar-refractivity contribution in [1.29, 1.82) is 0 Å². The number of rotatable bonds is 10. The van der Waals surface area contributed by atoms with Crippen LogP contribution in [0.5, 0.6) is 5.75 Å². The highest BCUT2D eigenvalue weighted by Crippen LogP contribution is 2.24. The van der Waals surface area contributed by atoms with Gasteiger partial charge in [0.25, 0.3) is 0 Å². The lowest BCUT2D eigenvalue weighted by Crippen LogP contribution is -2.20. The van der Waals surface area contributed by atoms with Crippen molar-refractivity contribution in [2.45, 2.75) is 46.5 Å². The summed E-state index contributed by atoms with van der Waals surface area (Å²) in [5.41, 5.74) is 1.38. The van der Waals surface area contributed by atoms with E-state index in [1.165, 1.54) is 29.3 Å². The van der Waals surface area contributed by atoms with Gasteiger partial charge in [-0.1, -0.05) is 42.3 Å². The molecule has 0 spiro atoms. The SMILES string of the molecule is CCOc1ccc(CCCCCNCC(C)C)c(Br)c1. The molecule has 0 unspecified atom stereocenters. The van der Waals surface area contributed by atoms with Gasteiger partial charge in [-0.2, -0.15) is 0 Å². The maximum absolute atomic E-state index is 5.49. The highest BCUT2D eigenvalue weighted by atomic mass is 79.9. The molecule has 0 saturated carbocycles. The highest BCUT2D eigenvalue weighted by Gasteiger charge is 2.02. The number of unbranched alkanes of at least 4 members (excludes halogenated alkanes) is 2. The van der Waals surface area contributed by atoms with Gasteiger partial charge in [-0.05, 0) is 62.9 Å². The molecular formula is C17H28BrNO. The van der Waals surface area contributed by atoms with Crippen molar-refractivity contribution in [3.8, 4) is 5.75 Å². The van der Waals surface area contributed by atoms with Gasteiger partial charge in [0.2, 0.25) is 0 Å². The second-order valence-corrected chi connectivity index (χ2v) is 6.45. The topological polar surface area (TPSA) is 21.3 Å². The molecule has 2 nitrogen and oxygen atoms in total. The first-order valence-corrected chi connectivity index (χ1v) is 8.54. The molecule has 0 aliphatic heterocycles. The van der Waals surface area contributed by atoms with Crippen LogP contribution in [-0.4, -0.2) is 19.7 Å². The predicted octanol–water partition coefficient (Wildman–Crippen LogP) is 4.81. The van der Waals surface area contributed by atoms with Crippen LogP contribution in [0, 0.1) is 5.92 Å². The molecule has 1 N–H and O–H groups in total. The van der Waals surface area contributed by atoms with Crippen molar-refractivity contribution < 1.29 is 4.74 Å². The summed E-state index contributed by atoms with van der Waals surface area (Å²) in [6, 6.07) is 6.31. The minimum absolute atomic E-state index is 0.717. The van der Waals surface area contributed by atoms with Crippen LogP contribution in [0.3, 0.4) is 0 Å². The zero-order valence-electron chi connectivity index (χ0n) is 13.0. The van der Waals surface area contributed by atoms with E-state index in [1.54, 1.807) is 0 Å². The van der Waals surface area contributed by atoms with Crippen molar-refractivity contribution in [1.82, 2.24) is 5.32 Å². The van der Waals surface area contributed by atoms with Gasteiger partial charge in [-0.15, -0.1) is 0 Å². The van der Waals surface area contributed by atoms with Crippen molar-refractivity contribution >= 4 is 15.9 Å². The largest absolute Gasteiger partial charge is 0.494 e. The molecule has 0 amide bonds. The van der Waals surface area contributed by atoms with E-state index in [0.29, 0.717) is 0 Å². The van der Waals surface area contributed by atoms with Gasteiger partial charge in [0.15, 0.2) is 0 Å². The number of aryl methyl sites for hydroxylation is 1. The molecule has 0 aliphatic carbocycles. The first kappa shape index (κ1) is 17.5. The minimum Gasteiger partial charge on any atom is -0.494 e. The summed E-state index contributed by atoms with van der Waals surface area (Å²) in [6.07, 6.45) is 4.93. The van der Waals surface area contributed by atoms with Crippen molar-refractivity contribution in [3.63, 3.8) is 0 Å². The van der Waals surface area contributed by atoms with E-state index in [2.05, 4.69) is 53.3 Å². The summed E-state index contributed by atoms with van der Waals surface area (Å²) in [5.74, 6) is 1.69. The van der Waals surface area contributed by atoms with Crippen LogP contribution in [0.15, 0.2) is 22.7 Å². The fourth-order valence-electron chi connectivity index (χ4n) is 2.12. The lowest BCUT2D eigenvalue weighted by atomic mass is 10.1. The van der Waals surface area contributed by atoms with Crippen LogP contribution in [0.25, 0.3) is 0 Å². The van der Waals surface area contributed by atoms with Gasteiger partial charge in [0.05, 0.1) is 6.61 Å². The van der Waals surface area contributed by atoms with E-state index in [-0.39, 0.29) is 0 Å². The molecule has 0 radical (unpaired) electrons. The monoisotopic (exact) mass is 341 g/mol. The number of hydrogen-bond donors (Lipinski definition) is 1. The maximum Gasteiger partial charge on any atom is 0.120 e. The Labute approximate surface area is 132 Å². The van der Waals surface area contributed by atoms with Gasteiger partial charge in [-0.25, -0.2) is 0 Å². The van der Waals surface area contributed by atoms with Crippen molar-refractivity contribution in [2.75, 3.05) is 19.7 Å². The molecule has 0 fully saturated rings. The van der Waals surface area contributed by atoms with Crippen molar-refractivity contribution in [3.05, 3.63) is 28.2 Å². The molecule has 3 heteroatoms. The van der Waals surface area contributed by atoms with Gasteiger partial charge in [0.1, 0.15) is 5.75 Å². The van der Waals surface area contributed by atoms with E-state index in [4.69, 9.17) is 4.74 Å². The molecule has 1 aromatic carbocycles. The molecule has 0 heterocycles. The zero-order valence-corrected chi connectivity index (χ0v) is 14.6. The van der Waals surface area contributed by atoms with Gasteiger partial charge >= 0.3 is 0 Å². The standard InChI is InChI=1S/C17H28BrNO/c1-4-20-16-10-9-15(17(18)12-16)8-6-5-7-11-19-13-14(2)3/h9-10,12,14,19H,4-8,11,13H2,1-3H3. The Morgan fingerprint density at radius 2 is 2.00 bits per heavy atom. The third-order valence-electron chi connectivity index (χ3n) is 3.19. The molecule has 0 aliphatic rings. The smallest absolute Gasteiger partial charge is 0.120 e. The molecule has 1 aromatic rings. The fourth-order valence-corrected chi connectivity index (χ4v) is 2.68. The summed E-state index contributed by atoms with van der Waals surface area (Å²) >= 11 is 3.63. The Morgan fingerprint density at radius 1 is 1.20 bits per heavy atom. The highest BCUT2D eigenvalue weighted by molar-refractivity contribution is 9.10. The summed E-state index contributed by atoms with van der Waals surface area (Å²) in [4.78, 5) is 0. The number of nitrogens with one attached hydrogen (secondary N) is 1. The summed E-state index contributed by atoms with van der Waals surface area (Å²) in [5, 5.41) is 3.49. The molecule has 114 valence electrons. The van der Waals surface area contributed by atoms with Gasteiger partial charge < -0.3 is 10.1 Å². The van der Waals surface area contributed by atoms with E-state index >= 15 is 0 Å². The molecule has 0 atom stereocenters. The first-order valence-electron chi connectivity index (χ1n) is 7.75. The fraction of sp³-hybridized carbons (Fsp3) is 0.647. The summed E-state index contributed by atoms with van der Waals surface area (Å²) in [7, 11) is 0. The Kier molecular flexibility index (Phi) is 8.95. The normalized spacial score (nSPS) is 11.1. The van der Waals surface area contributed by atoms with Crippen LogP contribution in [0.1, 0.15) is 45.6 Å². The van der Waals surface area contributed by atoms with Crippen LogP contribution in [0.2, 0.25) is 0 Å². The van der Waals surface area contributed by atoms with Crippen LogP contribution in [-0.2, 0) is 6.42 Å². The first-order chi connectivity index (χ1) is 9.63. The van der Waals surface area contributed by atoms with Gasteiger partial charge in [0, 0.05) is 4.47 Å². The average Bonchev–Trinajstić information content (AvgIpc) is 2.40. The summed E-state index contributed by atoms with van der Waals surface area (Å²) in [6.45, 7) is 9.49. The number of halogens is 1. The zero-order chi connectivity index (χ0) is 14.8. The van der Waals surface area contributed by atoms with Crippen molar-refractivity contribution in [2.24, 2.45) is 5.92 Å². The second-order valence-electron chi connectivity index (χ2n) is 5.59. The lowest BCUT2D eigenvalue weighted by molar-refractivity contribution is 0.340. The van der Waals surface area contributed by atoms with Crippen LogP contribution >= 0.6 is 15.9 Å². The summed E-state index contributed by atoms with van der Waals surface area (Å²) < 4.78 is 6.66. The third-order valence-corrected chi connectivity index (χ3v) is 3.93. The van der Waals surface area contributed by atoms with E-state index < -0.39 is 0 Å². The number of hydrogen-bond acceptors (Lipinski definition) is 2. The van der Waals surface area contributed by atoms with E-state index in [0.717, 1.165) is 37.8 Å². The number of benzene rings is 1. The molecular weight excluding hydrogens is 314 g/mol. The van der Waals surface area contributed by atoms with Gasteiger partial charge in [-0.3, -0.25) is 0 Å². The Morgan fingerprint density at radius 3 is 2.65 bits per heavy atom. The molecule has 1 rings (SSSR count). The molecule has 0 saturated heterocycles. The second kappa shape index (κ2) is 10.2. The predicted molar refractivity (Wildman–Crippen MR) is 90.6 cm³/mol. The van der Waals surface area contributed by atoms with Crippen LogP contribution < -0.4 is 10.1 Å². The number of ether oxygens (including phenoxy) is 1. The Hall–Kier alpha value is -0.540. The minimum atomic E-state index is 0.717. The quantitative estimate of drug-likeness (QED) is 0.616. The Bertz CT molecular complexity index is 379. The average molecular weight is 342 g/mol. The maximum atomic E-state index is 5.49. The van der Waals surface area contributed by atoms with E-state index in [9.17, 15) is 0 Å². The Balaban J connectivity index is 2.18. The van der Waals surface area contributed by atoms with Crippen LogP contribution in [0.4, 0.5) is 0 Å². The third kappa shape index (κ3) is 7.30. The van der Waals surface area contributed by atoms with E-state index in [1.807, 2.05) is 6.92 Å².